The van der Waals surface area contributed by atoms with Crippen molar-refractivity contribution in [2.75, 3.05) is 0 Å². The van der Waals surface area contributed by atoms with E-state index in [1.807, 2.05) is 0 Å². The molecule has 3 atom stereocenters. The topological polar surface area (TPSA) is 37.3 Å². The fourth-order valence-corrected chi connectivity index (χ4v) is 0.734. The molecule has 0 aromatic carbocycles. The monoisotopic (exact) mass is 214 g/mol. The number of carbonyl (C=O) groups is 1. The van der Waals surface area contributed by atoms with Gasteiger partial charge >= 0.3 is 65.5 Å². The van der Waals surface area contributed by atoms with Crippen LogP contribution in [-0.2, 0) is 4.79 Å². The Morgan fingerprint density at radius 1 is 1.60 bits per heavy atom. The van der Waals surface area contributed by atoms with Crippen LogP contribution < -0.4 is 0 Å². The van der Waals surface area contributed by atoms with Gasteiger partial charge in [-0.3, -0.25) is 0 Å². The molecule has 0 rings (SSSR count). The van der Waals surface area contributed by atoms with E-state index in [0.717, 1.165) is 16.9 Å². The van der Waals surface area contributed by atoms with Gasteiger partial charge in [0.15, 0.2) is 0 Å². The van der Waals surface area contributed by atoms with E-state index in [-0.39, 0.29) is 0 Å². The van der Waals surface area contributed by atoms with E-state index in [0.29, 0.717) is 0 Å². The quantitative estimate of drug-likeness (QED) is 0.690. The van der Waals surface area contributed by atoms with Gasteiger partial charge in [-0.1, -0.05) is 0 Å². The molecule has 3 unspecified atom stereocenters. The second-order valence-electron chi connectivity index (χ2n) is 2.06. The Kier molecular flexibility index (Phi) is 3.87. The molecular weight excluding hydrogens is 205 g/mol. The van der Waals surface area contributed by atoms with Crippen LogP contribution in [0.5, 0.6) is 0 Å². The first-order chi connectivity index (χ1) is 4.46. The Labute approximate surface area is 66.1 Å². The Bertz CT molecular complexity index is 129. The molecule has 0 fully saturated rings. The number of hydrogen-bond donors (Lipinski definition) is 1. The van der Waals surface area contributed by atoms with Crippen LogP contribution in [0.25, 0.3) is 0 Å². The molecule has 60 valence electrons. The zero-order valence-electron chi connectivity index (χ0n) is 5.42. The minimum atomic E-state index is -2.53. The van der Waals surface area contributed by atoms with Crippen molar-refractivity contribution in [2.24, 2.45) is 5.92 Å². The molecule has 0 saturated carbocycles. The number of aliphatic carboxylic acids is 1. The molecule has 0 aromatic heterocycles. The maximum absolute atomic E-state index is 11.8. The summed E-state index contributed by atoms with van der Waals surface area (Å²) >= 11 is 0.826. The molecule has 0 heterocycles. The van der Waals surface area contributed by atoms with Crippen molar-refractivity contribution in [3.8, 4) is 0 Å². The summed E-state index contributed by atoms with van der Waals surface area (Å²) in [6.45, 7) is 1.24. The normalized spacial score (nSPS) is 16.9. The zero-order valence-corrected chi connectivity index (χ0v) is 7.84. The SMILES string of the molecule is CC(C(F)F)C([AsH2])C(=O)O. The summed E-state index contributed by atoms with van der Waals surface area (Å²) in [7, 11) is 0. The van der Waals surface area contributed by atoms with Gasteiger partial charge in [-0.25, -0.2) is 0 Å². The van der Waals surface area contributed by atoms with Gasteiger partial charge in [0.1, 0.15) is 0 Å². The van der Waals surface area contributed by atoms with Crippen LogP contribution in [0.4, 0.5) is 8.78 Å². The summed E-state index contributed by atoms with van der Waals surface area (Å²) in [6.07, 6.45) is -2.53. The van der Waals surface area contributed by atoms with E-state index >= 15 is 0 Å². The van der Waals surface area contributed by atoms with Gasteiger partial charge in [-0.15, -0.1) is 0 Å². The van der Waals surface area contributed by atoms with Crippen LogP contribution in [0.15, 0.2) is 0 Å². The Morgan fingerprint density at radius 3 is 2.10 bits per heavy atom. The predicted octanol–water partition coefficient (Wildman–Crippen LogP) is 0.394. The van der Waals surface area contributed by atoms with E-state index in [1.54, 1.807) is 0 Å². The van der Waals surface area contributed by atoms with Crippen LogP contribution in [0.2, 0.25) is 4.71 Å². The molecule has 0 aliphatic rings. The fourth-order valence-electron chi connectivity index (χ4n) is 0.382. The second-order valence-corrected chi connectivity index (χ2v) is 3.56. The fraction of sp³-hybridized carbons (Fsp3) is 0.800. The number of carboxylic acids is 1. The van der Waals surface area contributed by atoms with E-state index in [2.05, 4.69) is 0 Å². The first-order valence-electron chi connectivity index (χ1n) is 2.73. The Morgan fingerprint density at radius 2 is 2.00 bits per heavy atom. The molecule has 0 aliphatic heterocycles. The number of alkyl halides is 2. The minimum absolute atomic E-state index is 0.826. The summed E-state index contributed by atoms with van der Waals surface area (Å²) in [5.74, 6) is -2.19. The molecule has 1 N–H and O–H groups in total. The molecule has 0 radical (unpaired) electrons. The van der Waals surface area contributed by atoms with Crippen molar-refractivity contribution in [2.45, 2.75) is 18.1 Å². The number of halogens is 2. The molecule has 0 saturated heterocycles. The van der Waals surface area contributed by atoms with E-state index in [9.17, 15) is 13.6 Å². The number of rotatable bonds is 3. The molecule has 0 aliphatic carbocycles. The van der Waals surface area contributed by atoms with Crippen molar-refractivity contribution in [3.63, 3.8) is 0 Å². The molecule has 0 spiro atoms. The van der Waals surface area contributed by atoms with Gasteiger partial charge in [0.25, 0.3) is 0 Å². The molecule has 2 nitrogen and oxygen atoms in total. The van der Waals surface area contributed by atoms with Crippen LogP contribution in [-0.4, -0.2) is 34.4 Å². The summed E-state index contributed by atoms with van der Waals surface area (Å²) in [5, 5.41) is 8.28. The third-order valence-electron chi connectivity index (χ3n) is 1.25. The van der Waals surface area contributed by atoms with Crippen LogP contribution in [0.1, 0.15) is 6.92 Å². The molecule has 0 amide bonds. The van der Waals surface area contributed by atoms with Crippen LogP contribution in [0.3, 0.4) is 0 Å². The molecule has 10 heavy (non-hydrogen) atoms. The van der Waals surface area contributed by atoms with Gasteiger partial charge in [0.2, 0.25) is 0 Å². The number of carboxylic acid groups (broad SMARTS) is 1. The standard InChI is InChI=1S/C5H9AsF2O2/c1-2(4(7)8)3(6)5(9)10/h2-4H,6H2,1H3,(H,9,10). The van der Waals surface area contributed by atoms with Crippen molar-refractivity contribution in [1.29, 1.82) is 0 Å². The van der Waals surface area contributed by atoms with Crippen LogP contribution in [0, 0.1) is 5.92 Å². The average molecular weight is 214 g/mol. The van der Waals surface area contributed by atoms with Gasteiger partial charge in [-0.2, -0.15) is 0 Å². The van der Waals surface area contributed by atoms with Gasteiger partial charge in [0.05, 0.1) is 0 Å². The molecule has 5 heteroatoms. The predicted molar refractivity (Wildman–Crippen MR) is 35.1 cm³/mol. The third-order valence-corrected chi connectivity index (χ3v) is 3.12. The van der Waals surface area contributed by atoms with Gasteiger partial charge in [-0.05, 0) is 0 Å². The number of hydrogen-bond acceptors (Lipinski definition) is 1. The second kappa shape index (κ2) is 3.91. The van der Waals surface area contributed by atoms with Gasteiger partial charge in [0, 0.05) is 0 Å². The summed E-state index contributed by atoms with van der Waals surface area (Å²) in [4.78, 5) is 10.1. The van der Waals surface area contributed by atoms with Crippen molar-refractivity contribution >= 4 is 22.8 Å². The van der Waals surface area contributed by atoms with Crippen molar-refractivity contribution in [1.82, 2.24) is 0 Å². The molecular formula is C5H9AsF2O2. The third kappa shape index (κ3) is 2.65. The molecule has 0 bridgehead atoms. The first kappa shape index (κ1) is 9.89. The molecule has 0 aromatic rings. The van der Waals surface area contributed by atoms with E-state index in [4.69, 9.17) is 5.11 Å². The Hall–Kier alpha value is -0.112. The van der Waals surface area contributed by atoms with E-state index < -0.39 is 23.0 Å². The maximum atomic E-state index is 11.8. The van der Waals surface area contributed by atoms with Crippen LogP contribution >= 0.6 is 0 Å². The van der Waals surface area contributed by atoms with E-state index in [1.165, 1.54) is 6.92 Å². The summed E-state index contributed by atoms with van der Waals surface area (Å²) in [5.41, 5.74) is 0. The Balaban J connectivity index is 3.94. The first-order valence-corrected chi connectivity index (χ1v) is 4.13. The average Bonchev–Trinajstić information content (AvgIpc) is 1.84. The van der Waals surface area contributed by atoms with Crippen molar-refractivity contribution in [3.05, 3.63) is 0 Å². The van der Waals surface area contributed by atoms with Gasteiger partial charge < -0.3 is 0 Å². The zero-order chi connectivity index (χ0) is 8.31. The summed E-state index contributed by atoms with van der Waals surface area (Å²) < 4.78 is 22.7. The summed E-state index contributed by atoms with van der Waals surface area (Å²) in [6, 6.07) is 0. The van der Waals surface area contributed by atoms with Crippen molar-refractivity contribution < 1.29 is 18.7 Å².